The maximum atomic E-state index is 6.27. The first-order valence-corrected chi connectivity index (χ1v) is 8.22. The summed E-state index contributed by atoms with van der Waals surface area (Å²) in [6.07, 6.45) is 6.21. The van der Waals surface area contributed by atoms with Crippen molar-refractivity contribution >= 4 is 32.2 Å². The Hall–Kier alpha value is -1.85. The topological polar surface area (TPSA) is 60.2 Å². The summed E-state index contributed by atoms with van der Waals surface area (Å²) in [6.45, 7) is 8.33. The van der Waals surface area contributed by atoms with Crippen molar-refractivity contribution in [1.29, 1.82) is 0 Å². The molecular weight excluding hydrogens is 294 g/mol. The van der Waals surface area contributed by atoms with Gasteiger partial charge in [0.15, 0.2) is 0 Å². The van der Waals surface area contributed by atoms with Gasteiger partial charge in [0.05, 0.1) is 5.69 Å². The normalized spacial score (nSPS) is 21.2. The molecule has 2 aromatic heterocycles. The van der Waals surface area contributed by atoms with E-state index in [0.29, 0.717) is 11.6 Å². The van der Waals surface area contributed by atoms with E-state index in [4.69, 9.17) is 10.6 Å². The Morgan fingerprint density at radius 2 is 2.09 bits per heavy atom. The largest absolute Gasteiger partial charge is 0.396 e. The lowest BCUT2D eigenvalue weighted by molar-refractivity contribution is 0.106. The maximum Gasteiger partial charge on any atom is 0.139 e. The van der Waals surface area contributed by atoms with E-state index in [1.54, 1.807) is 0 Å². The molecule has 0 bridgehead atoms. The molecule has 1 aliphatic carbocycles. The van der Waals surface area contributed by atoms with Crippen molar-refractivity contribution in [1.82, 2.24) is 4.98 Å². The lowest BCUT2D eigenvalue weighted by atomic mass is 9.92. The molecule has 0 radical (unpaired) electrons. The van der Waals surface area contributed by atoms with Gasteiger partial charge in [-0.15, -0.1) is 0 Å². The minimum atomic E-state index is 0.00500. The zero-order valence-corrected chi connectivity index (χ0v) is 14.1. The Bertz CT molecular complexity index is 776. The van der Waals surface area contributed by atoms with Gasteiger partial charge < -0.3 is 5.73 Å². The fraction of sp³-hybridized carbons (Fsp3) is 0.353. The molecule has 3 rings (SSSR count). The lowest BCUT2D eigenvalue weighted by Crippen LogP contribution is -2.25. The number of fused-ring (bicyclic) bond motifs is 1. The SMILES string of the molecule is CC1=CC=CC(ONc2sc3nc(C)cc(C)c3c2N)C1C. The second-order valence-electron chi connectivity index (χ2n) is 5.87. The zero-order chi connectivity index (χ0) is 15.9. The number of nitrogens with zero attached hydrogens (tertiary/aromatic N) is 1. The highest BCUT2D eigenvalue weighted by molar-refractivity contribution is 7.23. The van der Waals surface area contributed by atoms with E-state index in [1.165, 1.54) is 16.9 Å². The van der Waals surface area contributed by atoms with Crippen molar-refractivity contribution in [3.05, 3.63) is 41.1 Å². The molecule has 2 atom stereocenters. The Balaban J connectivity index is 1.83. The van der Waals surface area contributed by atoms with Crippen molar-refractivity contribution in [3.8, 4) is 0 Å². The van der Waals surface area contributed by atoms with Crippen LogP contribution < -0.4 is 11.2 Å². The average Bonchev–Trinajstić information content (AvgIpc) is 2.77. The highest BCUT2D eigenvalue weighted by atomic mass is 32.1. The first kappa shape index (κ1) is 15.1. The Morgan fingerprint density at radius 3 is 2.86 bits per heavy atom. The van der Waals surface area contributed by atoms with Gasteiger partial charge in [-0.25, -0.2) is 4.98 Å². The molecule has 1 aliphatic rings. The number of aromatic nitrogens is 1. The third-order valence-electron chi connectivity index (χ3n) is 4.18. The number of nitrogen functional groups attached to an aromatic ring is 1. The Kier molecular flexibility index (Phi) is 3.93. The van der Waals surface area contributed by atoms with Gasteiger partial charge in [-0.1, -0.05) is 42.1 Å². The summed E-state index contributed by atoms with van der Waals surface area (Å²) in [5.74, 6) is 0.343. The fourth-order valence-corrected chi connectivity index (χ4v) is 3.76. The summed E-state index contributed by atoms with van der Waals surface area (Å²) in [5.41, 5.74) is 13.5. The van der Waals surface area contributed by atoms with Crippen LogP contribution >= 0.6 is 11.3 Å². The number of allylic oxidation sites excluding steroid dienone is 2. The summed E-state index contributed by atoms with van der Waals surface area (Å²) in [4.78, 5) is 11.4. The molecule has 22 heavy (non-hydrogen) atoms. The standard InChI is InChI=1S/C17H21N3OS/c1-9-6-5-7-13(12(9)4)21-20-17-15(18)14-10(2)8-11(3)19-16(14)22-17/h5-8,12-13,20H,18H2,1-4H3. The maximum absolute atomic E-state index is 6.27. The fourth-order valence-electron chi connectivity index (χ4n) is 2.70. The first-order chi connectivity index (χ1) is 10.5. The smallest absolute Gasteiger partial charge is 0.139 e. The molecule has 2 aromatic rings. The molecule has 0 aromatic carbocycles. The van der Waals surface area contributed by atoms with Gasteiger partial charge in [0, 0.05) is 17.0 Å². The molecule has 0 saturated heterocycles. The second kappa shape index (κ2) is 5.74. The molecule has 2 heterocycles. The predicted molar refractivity (Wildman–Crippen MR) is 94.1 cm³/mol. The van der Waals surface area contributed by atoms with Crippen LogP contribution in [0.4, 0.5) is 10.7 Å². The van der Waals surface area contributed by atoms with E-state index in [0.717, 1.165) is 26.5 Å². The highest BCUT2D eigenvalue weighted by Crippen LogP contribution is 2.39. The van der Waals surface area contributed by atoms with Crippen molar-refractivity contribution in [3.63, 3.8) is 0 Å². The summed E-state index contributed by atoms with van der Waals surface area (Å²) in [5, 5.41) is 1.84. The number of hydrogen-bond acceptors (Lipinski definition) is 5. The van der Waals surface area contributed by atoms with Gasteiger partial charge in [-0.05, 0) is 32.4 Å². The molecule has 0 spiro atoms. The average molecular weight is 315 g/mol. The van der Waals surface area contributed by atoms with E-state index < -0.39 is 0 Å². The molecule has 4 nitrogen and oxygen atoms in total. The van der Waals surface area contributed by atoms with Gasteiger partial charge in [0.2, 0.25) is 0 Å². The molecule has 5 heteroatoms. The van der Waals surface area contributed by atoms with Gasteiger partial charge in [0.25, 0.3) is 0 Å². The van der Waals surface area contributed by atoms with Gasteiger partial charge in [-0.2, -0.15) is 0 Å². The molecule has 0 saturated carbocycles. The second-order valence-corrected chi connectivity index (χ2v) is 6.87. The number of aryl methyl sites for hydroxylation is 2. The molecule has 2 unspecified atom stereocenters. The molecular formula is C17H21N3OS. The van der Waals surface area contributed by atoms with Crippen molar-refractivity contribution in [2.24, 2.45) is 5.92 Å². The van der Waals surface area contributed by atoms with Crippen LogP contribution in [0, 0.1) is 19.8 Å². The van der Waals surface area contributed by atoms with Crippen LogP contribution in [0.3, 0.4) is 0 Å². The number of nitrogens with two attached hydrogens (primary N) is 1. The molecule has 3 N–H and O–H groups in total. The van der Waals surface area contributed by atoms with Crippen LogP contribution in [-0.4, -0.2) is 11.1 Å². The Morgan fingerprint density at radius 1 is 1.32 bits per heavy atom. The van der Waals surface area contributed by atoms with Crippen LogP contribution in [0.2, 0.25) is 0 Å². The van der Waals surface area contributed by atoms with Crippen LogP contribution in [0.1, 0.15) is 25.1 Å². The summed E-state index contributed by atoms with van der Waals surface area (Å²) < 4.78 is 0. The van der Waals surface area contributed by atoms with E-state index in [-0.39, 0.29) is 6.10 Å². The van der Waals surface area contributed by atoms with Crippen LogP contribution in [-0.2, 0) is 4.84 Å². The highest BCUT2D eigenvalue weighted by Gasteiger charge is 2.21. The van der Waals surface area contributed by atoms with E-state index in [9.17, 15) is 0 Å². The van der Waals surface area contributed by atoms with Crippen molar-refractivity contribution in [2.75, 3.05) is 11.2 Å². The summed E-state index contributed by atoms with van der Waals surface area (Å²) >= 11 is 1.53. The molecule has 116 valence electrons. The lowest BCUT2D eigenvalue weighted by Gasteiger charge is -2.24. The number of nitrogens with one attached hydrogen (secondary N) is 1. The van der Waals surface area contributed by atoms with Crippen LogP contribution in [0.5, 0.6) is 0 Å². The third kappa shape index (κ3) is 2.62. The first-order valence-electron chi connectivity index (χ1n) is 7.40. The van der Waals surface area contributed by atoms with Gasteiger partial charge in [-0.3, -0.25) is 10.3 Å². The third-order valence-corrected chi connectivity index (χ3v) is 5.18. The predicted octanol–water partition coefficient (Wildman–Crippen LogP) is 4.36. The van der Waals surface area contributed by atoms with Gasteiger partial charge >= 0.3 is 0 Å². The number of thiophene rings is 1. The minimum absolute atomic E-state index is 0.00500. The van der Waals surface area contributed by atoms with Crippen LogP contribution in [0.15, 0.2) is 29.9 Å². The van der Waals surface area contributed by atoms with Crippen molar-refractivity contribution in [2.45, 2.75) is 33.8 Å². The minimum Gasteiger partial charge on any atom is -0.396 e. The number of pyridine rings is 1. The summed E-state index contributed by atoms with van der Waals surface area (Å²) in [6, 6.07) is 2.05. The molecule has 0 aliphatic heterocycles. The van der Waals surface area contributed by atoms with Crippen LogP contribution in [0.25, 0.3) is 10.2 Å². The van der Waals surface area contributed by atoms with E-state index in [1.807, 2.05) is 13.0 Å². The van der Waals surface area contributed by atoms with Crippen molar-refractivity contribution < 1.29 is 4.84 Å². The van der Waals surface area contributed by atoms with E-state index in [2.05, 4.69) is 49.5 Å². The molecule has 0 amide bonds. The number of rotatable bonds is 3. The van der Waals surface area contributed by atoms with E-state index >= 15 is 0 Å². The van der Waals surface area contributed by atoms with Gasteiger partial charge in [0.1, 0.15) is 15.9 Å². The zero-order valence-electron chi connectivity index (χ0n) is 13.3. The quantitative estimate of drug-likeness (QED) is 0.826. The Labute approximate surface area is 134 Å². The monoisotopic (exact) mass is 315 g/mol. The summed E-state index contributed by atoms with van der Waals surface area (Å²) in [7, 11) is 0. The molecule has 0 fully saturated rings. The number of anilines is 2. The number of hydrogen-bond donors (Lipinski definition) is 2.